The van der Waals surface area contributed by atoms with Gasteiger partial charge in [0.05, 0.1) is 18.2 Å². The van der Waals surface area contributed by atoms with Gasteiger partial charge in [-0.2, -0.15) is 13.2 Å². The zero-order valence-electron chi connectivity index (χ0n) is 17.8. The number of aryl methyl sites for hydroxylation is 1. The zero-order chi connectivity index (χ0) is 25.6. The van der Waals surface area contributed by atoms with Crippen LogP contribution in [-0.2, 0) is 12.6 Å². The van der Waals surface area contributed by atoms with Crippen molar-refractivity contribution in [3.05, 3.63) is 82.0 Å². The van der Waals surface area contributed by atoms with Gasteiger partial charge in [-0.1, -0.05) is 17.7 Å². The van der Waals surface area contributed by atoms with Crippen molar-refractivity contribution < 1.29 is 36.2 Å². The lowest BCUT2D eigenvalue weighted by atomic mass is 10.0. The average Bonchev–Trinajstić information content (AvgIpc) is 2.80. The molecule has 186 valence electrons. The van der Waals surface area contributed by atoms with Crippen LogP contribution in [0.25, 0.3) is 0 Å². The Hall–Kier alpha value is -3.11. The summed E-state index contributed by atoms with van der Waals surface area (Å²) in [4.78, 5) is 15.4. The molecule has 1 aromatic heterocycles. The SMILES string of the molecule is O=C(NCCl)c1c(F)ccc(CCCOc2ccc(Oc3ncc(C(F)(F)F)cc3Cl)cc2)c1F. The van der Waals surface area contributed by atoms with Crippen LogP contribution in [-0.4, -0.2) is 23.5 Å². The van der Waals surface area contributed by atoms with Gasteiger partial charge in [0.25, 0.3) is 5.91 Å². The third-order valence-corrected chi connectivity index (χ3v) is 5.06. The van der Waals surface area contributed by atoms with Gasteiger partial charge in [-0.05, 0) is 54.8 Å². The summed E-state index contributed by atoms with van der Waals surface area (Å²) in [5.41, 5.74) is -1.53. The molecule has 0 spiro atoms. The van der Waals surface area contributed by atoms with Gasteiger partial charge in [0, 0.05) is 6.20 Å². The van der Waals surface area contributed by atoms with Gasteiger partial charge in [-0.15, -0.1) is 11.6 Å². The average molecular weight is 535 g/mol. The van der Waals surface area contributed by atoms with Crippen molar-refractivity contribution in [3.8, 4) is 17.4 Å². The van der Waals surface area contributed by atoms with Crippen molar-refractivity contribution in [2.24, 2.45) is 0 Å². The molecule has 0 aliphatic rings. The molecule has 5 nitrogen and oxygen atoms in total. The molecule has 35 heavy (non-hydrogen) atoms. The van der Waals surface area contributed by atoms with Crippen molar-refractivity contribution in [1.29, 1.82) is 0 Å². The van der Waals surface area contributed by atoms with Crippen molar-refractivity contribution in [2.45, 2.75) is 19.0 Å². The summed E-state index contributed by atoms with van der Waals surface area (Å²) < 4.78 is 77.4. The normalized spacial score (nSPS) is 11.3. The van der Waals surface area contributed by atoms with E-state index in [4.69, 9.17) is 32.7 Å². The highest BCUT2D eigenvalue weighted by molar-refractivity contribution is 6.31. The lowest BCUT2D eigenvalue weighted by Crippen LogP contribution is -2.24. The molecule has 1 heterocycles. The molecule has 0 bridgehead atoms. The Morgan fingerprint density at radius 2 is 1.74 bits per heavy atom. The van der Waals surface area contributed by atoms with Gasteiger partial charge in [0.15, 0.2) is 0 Å². The minimum absolute atomic E-state index is 0.152. The van der Waals surface area contributed by atoms with Crippen LogP contribution in [0.5, 0.6) is 17.4 Å². The number of alkyl halides is 4. The molecule has 3 aromatic rings. The van der Waals surface area contributed by atoms with Crippen molar-refractivity contribution in [2.75, 3.05) is 12.6 Å². The molecular formula is C23H17Cl2F5N2O3. The fourth-order valence-corrected chi connectivity index (χ4v) is 3.30. The Morgan fingerprint density at radius 1 is 1.06 bits per heavy atom. The second-order valence-electron chi connectivity index (χ2n) is 7.07. The van der Waals surface area contributed by atoms with Gasteiger partial charge < -0.3 is 14.8 Å². The third-order valence-electron chi connectivity index (χ3n) is 4.66. The number of carbonyl (C=O) groups excluding carboxylic acids is 1. The number of amides is 1. The van der Waals surface area contributed by atoms with E-state index < -0.39 is 34.8 Å². The van der Waals surface area contributed by atoms with Gasteiger partial charge >= 0.3 is 6.18 Å². The number of carbonyl (C=O) groups is 1. The lowest BCUT2D eigenvalue weighted by molar-refractivity contribution is -0.137. The van der Waals surface area contributed by atoms with Crippen LogP contribution in [0.4, 0.5) is 22.0 Å². The maximum atomic E-state index is 14.5. The molecule has 0 saturated heterocycles. The van der Waals surface area contributed by atoms with E-state index in [-0.39, 0.29) is 41.2 Å². The Bertz CT molecular complexity index is 1190. The molecule has 0 unspecified atom stereocenters. The van der Waals surface area contributed by atoms with E-state index >= 15 is 0 Å². The second kappa shape index (κ2) is 11.5. The van der Waals surface area contributed by atoms with E-state index in [1.807, 2.05) is 0 Å². The molecule has 0 aliphatic heterocycles. The molecule has 1 amide bonds. The first kappa shape index (κ1) is 26.5. The highest BCUT2D eigenvalue weighted by atomic mass is 35.5. The van der Waals surface area contributed by atoms with Crippen LogP contribution < -0.4 is 14.8 Å². The smallest absolute Gasteiger partial charge is 0.417 e. The van der Waals surface area contributed by atoms with Crippen molar-refractivity contribution in [3.63, 3.8) is 0 Å². The quantitative estimate of drug-likeness (QED) is 0.142. The molecule has 0 radical (unpaired) electrons. The fraction of sp³-hybridized carbons (Fsp3) is 0.217. The minimum Gasteiger partial charge on any atom is -0.494 e. The first-order chi connectivity index (χ1) is 16.6. The highest BCUT2D eigenvalue weighted by Crippen LogP contribution is 2.34. The summed E-state index contributed by atoms with van der Waals surface area (Å²) in [6, 6.07) is 8.83. The number of nitrogens with zero attached hydrogens (tertiary/aromatic N) is 1. The van der Waals surface area contributed by atoms with E-state index in [0.717, 1.165) is 12.1 Å². The number of halogens is 7. The van der Waals surface area contributed by atoms with E-state index in [1.54, 1.807) is 12.1 Å². The third kappa shape index (κ3) is 6.95. The summed E-state index contributed by atoms with van der Waals surface area (Å²) >= 11 is 11.2. The van der Waals surface area contributed by atoms with Gasteiger partial charge in [-0.25, -0.2) is 13.8 Å². The maximum absolute atomic E-state index is 14.5. The van der Waals surface area contributed by atoms with Crippen molar-refractivity contribution >= 4 is 29.1 Å². The van der Waals surface area contributed by atoms with E-state index in [2.05, 4.69) is 10.3 Å². The minimum atomic E-state index is -4.57. The summed E-state index contributed by atoms with van der Waals surface area (Å²) in [5.74, 6) is -2.35. The van der Waals surface area contributed by atoms with Crippen LogP contribution in [0.15, 0.2) is 48.7 Å². The number of hydrogen-bond acceptors (Lipinski definition) is 4. The van der Waals surface area contributed by atoms with Crippen LogP contribution in [0.3, 0.4) is 0 Å². The van der Waals surface area contributed by atoms with Crippen LogP contribution in [0, 0.1) is 11.6 Å². The van der Waals surface area contributed by atoms with E-state index in [1.165, 1.54) is 18.2 Å². The molecule has 2 aromatic carbocycles. The Morgan fingerprint density at radius 3 is 2.37 bits per heavy atom. The number of rotatable bonds is 9. The first-order valence-corrected chi connectivity index (χ1v) is 11.0. The number of benzene rings is 2. The van der Waals surface area contributed by atoms with Gasteiger partial charge in [0.2, 0.25) is 5.88 Å². The number of hydrogen-bond donors (Lipinski definition) is 1. The number of pyridine rings is 1. The zero-order valence-corrected chi connectivity index (χ0v) is 19.3. The van der Waals surface area contributed by atoms with Gasteiger partial charge in [-0.3, -0.25) is 4.79 Å². The van der Waals surface area contributed by atoms with E-state index in [0.29, 0.717) is 18.4 Å². The molecule has 12 heteroatoms. The summed E-state index contributed by atoms with van der Waals surface area (Å²) in [5, 5.41) is 1.85. The largest absolute Gasteiger partial charge is 0.494 e. The van der Waals surface area contributed by atoms with Gasteiger partial charge in [0.1, 0.15) is 33.7 Å². The van der Waals surface area contributed by atoms with Crippen LogP contribution in [0.1, 0.15) is 27.9 Å². The topological polar surface area (TPSA) is 60.5 Å². The monoisotopic (exact) mass is 534 g/mol. The Kier molecular flexibility index (Phi) is 8.74. The molecule has 0 atom stereocenters. The summed E-state index contributed by atoms with van der Waals surface area (Å²) in [6.45, 7) is 0.187. The van der Waals surface area contributed by atoms with Crippen LogP contribution >= 0.6 is 23.2 Å². The Labute approximate surface area is 206 Å². The fourth-order valence-electron chi connectivity index (χ4n) is 2.97. The first-order valence-electron chi connectivity index (χ1n) is 10.0. The molecule has 0 fully saturated rings. The van der Waals surface area contributed by atoms with Crippen molar-refractivity contribution in [1.82, 2.24) is 10.3 Å². The predicted octanol–water partition coefficient (Wildman–Crippen LogP) is 6.76. The molecule has 3 rings (SSSR count). The highest BCUT2D eigenvalue weighted by Gasteiger charge is 2.31. The number of aromatic nitrogens is 1. The lowest BCUT2D eigenvalue weighted by Gasteiger charge is -2.11. The second-order valence-corrected chi connectivity index (χ2v) is 7.74. The number of ether oxygens (including phenoxy) is 2. The number of nitrogens with one attached hydrogen (secondary N) is 1. The summed E-state index contributed by atoms with van der Waals surface area (Å²) in [7, 11) is 0. The maximum Gasteiger partial charge on any atom is 0.417 e. The molecular weight excluding hydrogens is 518 g/mol. The predicted molar refractivity (Wildman–Crippen MR) is 119 cm³/mol. The standard InChI is InChI=1S/C23H17Cl2F5N2O3/c24-12-32-21(33)19-18(26)8-3-13(20(19)27)2-1-9-34-15-4-6-16(7-5-15)35-22-17(25)10-14(11-31-22)23(28,29)30/h3-8,10-11H,1-2,9,12H2,(H,32,33). The Balaban J connectivity index is 1.54. The molecule has 0 aliphatic carbocycles. The van der Waals surface area contributed by atoms with E-state index in [9.17, 15) is 26.7 Å². The molecule has 0 saturated carbocycles. The van der Waals surface area contributed by atoms with Crippen LogP contribution in [0.2, 0.25) is 5.02 Å². The molecule has 1 N–H and O–H groups in total. The summed E-state index contributed by atoms with van der Waals surface area (Å²) in [6.07, 6.45) is -3.40.